The first-order valence-corrected chi connectivity index (χ1v) is 11.9. The third-order valence-electron chi connectivity index (χ3n) is 5.96. The molecule has 37 heavy (non-hydrogen) atoms. The van der Waals surface area contributed by atoms with Gasteiger partial charge in [-0.2, -0.15) is 0 Å². The van der Waals surface area contributed by atoms with E-state index in [9.17, 15) is 13.6 Å². The number of anilines is 2. The molecule has 4 N–H and O–H groups in total. The summed E-state index contributed by atoms with van der Waals surface area (Å²) in [5.41, 5.74) is 8.90. The molecule has 0 bridgehead atoms. The van der Waals surface area contributed by atoms with E-state index in [0.29, 0.717) is 47.2 Å². The molecule has 0 spiro atoms. The van der Waals surface area contributed by atoms with Crippen molar-refractivity contribution in [2.75, 3.05) is 11.9 Å². The molecular formula is C27H29F2N7O. The molecule has 0 fully saturated rings. The second kappa shape index (κ2) is 10.7. The van der Waals surface area contributed by atoms with Crippen molar-refractivity contribution in [3.05, 3.63) is 77.2 Å². The molecule has 4 rings (SSSR count). The molecule has 1 amide bonds. The van der Waals surface area contributed by atoms with Gasteiger partial charge in [0.15, 0.2) is 23.1 Å². The minimum atomic E-state index is -0.922. The summed E-state index contributed by atoms with van der Waals surface area (Å²) in [6.07, 6.45) is 5.31. The van der Waals surface area contributed by atoms with Gasteiger partial charge in [-0.25, -0.2) is 18.7 Å². The van der Waals surface area contributed by atoms with Gasteiger partial charge >= 0.3 is 0 Å². The highest BCUT2D eigenvalue weighted by molar-refractivity contribution is 5.96. The number of amides is 1. The van der Waals surface area contributed by atoms with Gasteiger partial charge in [0.05, 0.1) is 24.3 Å². The van der Waals surface area contributed by atoms with E-state index in [2.05, 4.69) is 25.6 Å². The number of aromatic nitrogens is 3. The summed E-state index contributed by atoms with van der Waals surface area (Å²) >= 11 is 0. The van der Waals surface area contributed by atoms with Crippen LogP contribution in [0.15, 0.2) is 53.9 Å². The van der Waals surface area contributed by atoms with Crippen LogP contribution in [0.3, 0.4) is 0 Å². The first-order valence-electron chi connectivity index (χ1n) is 11.9. The van der Waals surface area contributed by atoms with Crippen LogP contribution >= 0.6 is 0 Å². The van der Waals surface area contributed by atoms with Gasteiger partial charge in [-0.15, -0.1) is 0 Å². The van der Waals surface area contributed by atoms with Crippen molar-refractivity contribution in [3.63, 3.8) is 0 Å². The van der Waals surface area contributed by atoms with Crippen LogP contribution in [-0.2, 0) is 6.42 Å². The molecule has 0 saturated heterocycles. The van der Waals surface area contributed by atoms with Crippen molar-refractivity contribution in [1.29, 1.82) is 0 Å². The average Bonchev–Trinajstić information content (AvgIpc) is 3.31. The van der Waals surface area contributed by atoms with E-state index in [-0.39, 0.29) is 23.1 Å². The number of nitrogens with two attached hydrogens (primary N) is 1. The van der Waals surface area contributed by atoms with Crippen molar-refractivity contribution in [3.8, 4) is 11.3 Å². The van der Waals surface area contributed by atoms with Crippen LogP contribution < -0.4 is 16.4 Å². The third-order valence-corrected chi connectivity index (χ3v) is 5.96. The van der Waals surface area contributed by atoms with E-state index in [1.807, 2.05) is 19.9 Å². The smallest absolute Gasteiger partial charge is 0.251 e. The average molecular weight is 506 g/mol. The number of amidine groups is 1. The van der Waals surface area contributed by atoms with E-state index in [4.69, 9.17) is 5.73 Å². The number of carbonyl (C=O) groups is 1. The predicted octanol–water partition coefficient (Wildman–Crippen LogP) is 4.78. The molecule has 0 aliphatic heterocycles. The molecular weight excluding hydrogens is 476 g/mol. The van der Waals surface area contributed by atoms with Crippen molar-refractivity contribution in [2.45, 2.75) is 40.2 Å². The number of fused-ring (bicyclic) bond motifs is 1. The maximum absolute atomic E-state index is 14.7. The van der Waals surface area contributed by atoms with Gasteiger partial charge in [-0.1, -0.05) is 13.0 Å². The molecule has 4 aromatic rings. The monoisotopic (exact) mass is 505 g/mol. The first kappa shape index (κ1) is 25.7. The lowest BCUT2D eigenvalue weighted by Crippen LogP contribution is -2.35. The molecule has 1 atom stereocenters. The number of aliphatic imine (C=N–C) groups is 1. The van der Waals surface area contributed by atoms with Crippen LogP contribution in [0.4, 0.5) is 20.3 Å². The van der Waals surface area contributed by atoms with Crippen LogP contribution in [-0.4, -0.2) is 38.7 Å². The van der Waals surface area contributed by atoms with Crippen LogP contribution in [0.25, 0.3) is 16.9 Å². The van der Waals surface area contributed by atoms with Crippen LogP contribution in [0.1, 0.15) is 42.3 Å². The molecule has 2 aromatic heterocycles. The van der Waals surface area contributed by atoms with Gasteiger partial charge < -0.3 is 16.4 Å². The highest BCUT2D eigenvalue weighted by Crippen LogP contribution is 2.29. The number of rotatable bonds is 8. The number of aryl methyl sites for hydroxylation is 2. The second-order valence-corrected chi connectivity index (χ2v) is 8.88. The number of nitrogens with zero attached hydrogens (tertiary/aromatic N) is 4. The lowest BCUT2D eigenvalue weighted by atomic mass is 10.0. The molecule has 8 nitrogen and oxygen atoms in total. The lowest BCUT2D eigenvalue weighted by molar-refractivity contribution is 0.0940. The highest BCUT2D eigenvalue weighted by atomic mass is 19.2. The zero-order valence-electron chi connectivity index (χ0n) is 21.1. The number of imidazole rings is 1. The summed E-state index contributed by atoms with van der Waals surface area (Å²) in [5, 5.41) is 6.18. The third kappa shape index (κ3) is 5.42. The SMILES string of the molecule is CCc1cc(Nc2nccn3c(-c4ccc(C)c(F)c4F)cnc23)ccc1C(=O)NC(C)CN=C(C)N. The largest absolute Gasteiger partial charge is 0.388 e. The zero-order chi connectivity index (χ0) is 26.7. The Morgan fingerprint density at radius 3 is 2.70 bits per heavy atom. The molecule has 2 aromatic carbocycles. The summed E-state index contributed by atoms with van der Waals surface area (Å²) in [4.78, 5) is 25.8. The summed E-state index contributed by atoms with van der Waals surface area (Å²) in [6, 6.07) is 8.31. The molecule has 0 aliphatic rings. The minimum absolute atomic E-state index is 0.109. The van der Waals surface area contributed by atoms with Gasteiger partial charge in [0.25, 0.3) is 5.91 Å². The highest BCUT2D eigenvalue weighted by Gasteiger charge is 2.18. The van der Waals surface area contributed by atoms with Gasteiger partial charge in [0.1, 0.15) is 0 Å². The minimum Gasteiger partial charge on any atom is -0.388 e. The Morgan fingerprint density at radius 2 is 1.97 bits per heavy atom. The zero-order valence-corrected chi connectivity index (χ0v) is 21.1. The summed E-state index contributed by atoms with van der Waals surface area (Å²) in [6.45, 7) is 7.45. The molecule has 10 heteroatoms. The summed E-state index contributed by atoms with van der Waals surface area (Å²) in [5.74, 6) is -1.09. The van der Waals surface area contributed by atoms with E-state index in [1.54, 1.807) is 35.9 Å². The number of benzene rings is 2. The van der Waals surface area contributed by atoms with E-state index >= 15 is 0 Å². The Kier molecular flexibility index (Phi) is 7.47. The predicted molar refractivity (Wildman–Crippen MR) is 141 cm³/mol. The number of carbonyl (C=O) groups excluding carboxylic acids is 1. The lowest BCUT2D eigenvalue weighted by Gasteiger charge is -2.15. The topological polar surface area (TPSA) is 110 Å². The normalized spacial score (nSPS) is 12.5. The summed E-state index contributed by atoms with van der Waals surface area (Å²) < 4.78 is 30.5. The molecule has 1 unspecified atom stereocenters. The van der Waals surface area contributed by atoms with Gasteiger partial charge in [0, 0.05) is 35.2 Å². The maximum atomic E-state index is 14.7. The fourth-order valence-electron chi connectivity index (χ4n) is 4.00. The number of hydrogen-bond donors (Lipinski definition) is 3. The Bertz CT molecular complexity index is 1490. The molecule has 192 valence electrons. The van der Waals surface area contributed by atoms with Crippen molar-refractivity contribution >= 4 is 28.9 Å². The standard InChI is InChI=1S/C27H29F2N7O/c1-5-18-12-19(7-9-20(18)27(37)34-16(3)13-32-17(4)30)35-25-26-33-14-22(36(26)11-10-31-25)21-8-6-15(2)23(28)24(21)29/h6-12,14,16H,5,13H2,1-4H3,(H2,30,32)(H,31,35)(H,34,37). The number of hydrogen-bond acceptors (Lipinski definition) is 5. The first-order chi connectivity index (χ1) is 17.7. The van der Waals surface area contributed by atoms with Crippen molar-refractivity contribution in [2.24, 2.45) is 10.7 Å². The maximum Gasteiger partial charge on any atom is 0.251 e. The Hall–Kier alpha value is -4.34. The van der Waals surface area contributed by atoms with Crippen LogP contribution in [0.5, 0.6) is 0 Å². The Labute approximate surface area is 213 Å². The van der Waals surface area contributed by atoms with Crippen molar-refractivity contribution < 1.29 is 13.6 Å². The fourth-order valence-corrected chi connectivity index (χ4v) is 4.00. The van der Waals surface area contributed by atoms with Gasteiger partial charge in [-0.3, -0.25) is 14.2 Å². The Morgan fingerprint density at radius 1 is 1.19 bits per heavy atom. The quantitative estimate of drug-likeness (QED) is 0.236. The molecule has 0 radical (unpaired) electrons. The molecule has 0 aliphatic carbocycles. The van der Waals surface area contributed by atoms with E-state index < -0.39 is 11.6 Å². The second-order valence-electron chi connectivity index (χ2n) is 8.88. The van der Waals surface area contributed by atoms with Gasteiger partial charge in [0.2, 0.25) is 0 Å². The molecule has 2 heterocycles. The van der Waals surface area contributed by atoms with E-state index in [1.165, 1.54) is 25.3 Å². The number of halogens is 2. The fraction of sp³-hybridized carbons (Fsp3) is 0.259. The van der Waals surface area contributed by atoms with Crippen LogP contribution in [0.2, 0.25) is 0 Å². The van der Waals surface area contributed by atoms with E-state index in [0.717, 1.165) is 5.56 Å². The number of nitrogens with one attached hydrogen (secondary N) is 2. The Balaban J connectivity index is 1.60. The van der Waals surface area contributed by atoms with Crippen molar-refractivity contribution in [1.82, 2.24) is 19.7 Å². The van der Waals surface area contributed by atoms with Gasteiger partial charge in [-0.05, 0) is 62.6 Å². The van der Waals surface area contributed by atoms with Crippen LogP contribution in [0, 0.1) is 18.6 Å². The molecule has 0 saturated carbocycles. The summed E-state index contributed by atoms with van der Waals surface area (Å²) in [7, 11) is 0.